The molecule has 0 aliphatic heterocycles. The summed E-state index contributed by atoms with van der Waals surface area (Å²) in [6.07, 6.45) is -0.537. The van der Waals surface area contributed by atoms with Crippen LogP contribution in [0.3, 0.4) is 0 Å². The number of carbonyl (C=O) groups is 1. The van der Waals surface area contributed by atoms with Gasteiger partial charge >= 0.3 is 0 Å². The van der Waals surface area contributed by atoms with Crippen molar-refractivity contribution in [3.63, 3.8) is 0 Å². The van der Waals surface area contributed by atoms with Gasteiger partial charge in [-0.15, -0.1) is 0 Å². The summed E-state index contributed by atoms with van der Waals surface area (Å²) >= 11 is 0. The van der Waals surface area contributed by atoms with Gasteiger partial charge in [-0.1, -0.05) is 35.9 Å². The van der Waals surface area contributed by atoms with Crippen LogP contribution >= 0.6 is 0 Å². The third-order valence-corrected chi connectivity index (χ3v) is 3.92. The molecule has 2 aromatic carbocycles. The first-order valence-corrected chi connectivity index (χ1v) is 7.97. The Kier molecular flexibility index (Phi) is 5.43. The summed E-state index contributed by atoms with van der Waals surface area (Å²) in [4.78, 5) is 12.4. The molecule has 0 bridgehead atoms. The molecule has 0 heterocycles. The quantitative estimate of drug-likeness (QED) is 0.896. The lowest BCUT2D eigenvalue weighted by atomic mass is 10.0. The molecule has 2 unspecified atom stereocenters. The predicted octanol–water partition coefficient (Wildman–Crippen LogP) is 4.26. The fourth-order valence-electron chi connectivity index (χ4n) is 2.67. The molecular formula is C20H25NO2. The number of nitrogens with one attached hydrogen (secondary N) is 1. The Morgan fingerprint density at radius 3 is 2.35 bits per heavy atom. The predicted molar refractivity (Wildman–Crippen MR) is 93.7 cm³/mol. The topological polar surface area (TPSA) is 38.3 Å². The maximum atomic E-state index is 12.4. The Hall–Kier alpha value is -2.29. The minimum Gasteiger partial charge on any atom is -0.481 e. The van der Waals surface area contributed by atoms with Gasteiger partial charge in [0.2, 0.25) is 0 Å². The Bertz CT molecular complexity index is 694. The Morgan fingerprint density at radius 2 is 1.70 bits per heavy atom. The van der Waals surface area contributed by atoms with Gasteiger partial charge in [0.15, 0.2) is 6.10 Å². The van der Waals surface area contributed by atoms with Crippen molar-refractivity contribution in [1.29, 1.82) is 0 Å². The van der Waals surface area contributed by atoms with Gasteiger partial charge in [0.05, 0.1) is 6.04 Å². The van der Waals surface area contributed by atoms with Crippen LogP contribution in [-0.2, 0) is 4.79 Å². The number of carbonyl (C=O) groups excluding carboxylic acids is 1. The van der Waals surface area contributed by atoms with E-state index in [4.69, 9.17) is 4.74 Å². The lowest BCUT2D eigenvalue weighted by Crippen LogP contribution is -2.38. The lowest BCUT2D eigenvalue weighted by Gasteiger charge is -2.20. The normalized spacial score (nSPS) is 13.3. The molecule has 0 spiro atoms. The van der Waals surface area contributed by atoms with E-state index >= 15 is 0 Å². The molecule has 0 saturated carbocycles. The van der Waals surface area contributed by atoms with Gasteiger partial charge in [0, 0.05) is 0 Å². The van der Waals surface area contributed by atoms with E-state index < -0.39 is 6.10 Å². The van der Waals surface area contributed by atoms with Crippen LogP contribution in [0.25, 0.3) is 0 Å². The van der Waals surface area contributed by atoms with Gasteiger partial charge in [-0.05, 0) is 63.4 Å². The van der Waals surface area contributed by atoms with Gasteiger partial charge in [0.1, 0.15) is 5.75 Å². The number of aryl methyl sites for hydroxylation is 3. The van der Waals surface area contributed by atoms with Crippen molar-refractivity contribution in [3.8, 4) is 5.75 Å². The Balaban J connectivity index is 2.00. The highest BCUT2D eigenvalue weighted by Crippen LogP contribution is 2.19. The number of hydrogen-bond acceptors (Lipinski definition) is 2. The summed E-state index contributed by atoms with van der Waals surface area (Å²) in [5.41, 5.74) is 4.65. The highest BCUT2D eigenvalue weighted by molar-refractivity contribution is 5.81. The van der Waals surface area contributed by atoms with Crippen LogP contribution in [0, 0.1) is 20.8 Å². The van der Waals surface area contributed by atoms with Crippen molar-refractivity contribution in [2.24, 2.45) is 0 Å². The summed E-state index contributed by atoms with van der Waals surface area (Å²) < 4.78 is 5.73. The average Bonchev–Trinajstić information content (AvgIpc) is 2.46. The second kappa shape index (κ2) is 7.32. The monoisotopic (exact) mass is 311 g/mol. The van der Waals surface area contributed by atoms with Crippen molar-refractivity contribution in [2.45, 2.75) is 46.8 Å². The molecule has 0 radical (unpaired) electrons. The van der Waals surface area contributed by atoms with Crippen molar-refractivity contribution in [2.75, 3.05) is 0 Å². The zero-order chi connectivity index (χ0) is 17.0. The van der Waals surface area contributed by atoms with Crippen LogP contribution in [0.5, 0.6) is 5.75 Å². The third kappa shape index (κ3) is 4.59. The van der Waals surface area contributed by atoms with E-state index in [1.165, 1.54) is 11.1 Å². The first-order valence-electron chi connectivity index (χ1n) is 7.97. The Labute approximate surface area is 138 Å². The summed E-state index contributed by atoms with van der Waals surface area (Å²) in [6, 6.07) is 13.9. The molecule has 2 atom stereocenters. The first-order chi connectivity index (χ1) is 10.9. The van der Waals surface area contributed by atoms with Crippen LogP contribution in [0.4, 0.5) is 0 Å². The number of benzene rings is 2. The molecular weight excluding hydrogens is 286 g/mol. The molecule has 3 heteroatoms. The smallest absolute Gasteiger partial charge is 0.261 e. The van der Waals surface area contributed by atoms with Crippen molar-refractivity contribution in [3.05, 3.63) is 64.7 Å². The fourth-order valence-corrected chi connectivity index (χ4v) is 2.67. The number of ether oxygens (including phenoxy) is 1. The number of hydrogen-bond donors (Lipinski definition) is 1. The van der Waals surface area contributed by atoms with E-state index in [1.807, 2.05) is 38.1 Å². The van der Waals surface area contributed by atoms with Gasteiger partial charge in [0.25, 0.3) is 5.91 Å². The highest BCUT2D eigenvalue weighted by atomic mass is 16.5. The minimum atomic E-state index is -0.537. The van der Waals surface area contributed by atoms with Gasteiger partial charge in [-0.2, -0.15) is 0 Å². The van der Waals surface area contributed by atoms with E-state index in [9.17, 15) is 4.79 Å². The minimum absolute atomic E-state index is 0.0494. The summed E-state index contributed by atoms with van der Waals surface area (Å²) in [6.45, 7) is 9.90. The van der Waals surface area contributed by atoms with Crippen LogP contribution in [-0.4, -0.2) is 12.0 Å². The number of rotatable bonds is 5. The lowest BCUT2D eigenvalue weighted by molar-refractivity contribution is -0.127. The zero-order valence-electron chi connectivity index (χ0n) is 14.5. The van der Waals surface area contributed by atoms with E-state index in [-0.39, 0.29) is 11.9 Å². The molecule has 0 fully saturated rings. The zero-order valence-corrected chi connectivity index (χ0v) is 14.5. The molecule has 0 aliphatic rings. The summed E-state index contributed by atoms with van der Waals surface area (Å²) in [5, 5.41) is 3.03. The molecule has 0 aromatic heterocycles. The first kappa shape index (κ1) is 17.1. The second-order valence-electron chi connectivity index (χ2n) is 6.17. The molecule has 23 heavy (non-hydrogen) atoms. The van der Waals surface area contributed by atoms with Crippen molar-refractivity contribution >= 4 is 5.91 Å². The van der Waals surface area contributed by atoms with Crippen molar-refractivity contribution in [1.82, 2.24) is 5.32 Å². The largest absolute Gasteiger partial charge is 0.481 e. The van der Waals surface area contributed by atoms with Gasteiger partial charge < -0.3 is 10.1 Å². The van der Waals surface area contributed by atoms with Gasteiger partial charge in [-0.3, -0.25) is 4.79 Å². The standard InChI is InChI=1S/C20H25NO2/c1-13-7-6-8-18(12-13)23-17(5)20(22)21-16(4)19-10-9-14(2)11-15(19)3/h6-12,16-17H,1-5H3,(H,21,22). The summed E-state index contributed by atoms with van der Waals surface area (Å²) in [7, 11) is 0. The maximum Gasteiger partial charge on any atom is 0.261 e. The van der Waals surface area contributed by atoms with Crippen molar-refractivity contribution < 1.29 is 9.53 Å². The van der Waals surface area contributed by atoms with E-state index in [2.05, 4.69) is 37.4 Å². The van der Waals surface area contributed by atoms with Crippen LogP contribution in [0.1, 0.15) is 42.1 Å². The van der Waals surface area contributed by atoms with E-state index in [1.54, 1.807) is 6.92 Å². The van der Waals surface area contributed by atoms with Crippen LogP contribution < -0.4 is 10.1 Å². The SMILES string of the molecule is Cc1cccc(OC(C)C(=O)NC(C)c2ccc(C)cc2C)c1. The van der Waals surface area contributed by atoms with E-state index in [0.29, 0.717) is 5.75 Å². The molecule has 122 valence electrons. The second-order valence-corrected chi connectivity index (χ2v) is 6.17. The molecule has 2 rings (SSSR count). The van der Waals surface area contributed by atoms with Gasteiger partial charge in [-0.25, -0.2) is 0 Å². The molecule has 1 N–H and O–H groups in total. The molecule has 0 aliphatic carbocycles. The van der Waals surface area contributed by atoms with Crippen LogP contribution in [0.2, 0.25) is 0 Å². The molecule has 2 aromatic rings. The van der Waals surface area contributed by atoms with E-state index in [0.717, 1.165) is 11.1 Å². The molecule has 1 amide bonds. The number of amides is 1. The third-order valence-electron chi connectivity index (χ3n) is 3.92. The fraction of sp³-hybridized carbons (Fsp3) is 0.350. The average molecular weight is 311 g/mol. The Morgan fingerprint density at radius 1 is 1.00 bits per heavy atom. The summed E-state index contributed by atoms with van der Waals surface area (Å²) in [5.74, 6) is 0.603. The maximum absolute atomic E-state index is 12.4. The molecule has 3 nitrogen and oxygen atoms in total. The van der Waals surface area contributed by atoms with Crippen LogP contribution in [0.15, 0.2) is 42.5 Å². The highest BCUT2D eigenvalue weighted by Gasteiger charge is 2.18. The molecule has 0 saturated heterocycles.